The van der Waals surface area contributed by atoms with E-state index in [1.165, 1.54) is 0 Å². The number of benzene rings is 2. The van der Waals surface area contributed by atoms with Crippen molar-refractivity contribution in [2.24, 2.45) is 0 Å². The minimum atomic E-state index is 0.0195. The maximum Gasteiger partial charge on any atom is 0.161 e. The third-order valence-corrected chi connectivity index (χ3v) is 4.06. The smallest absolute Gasteiger partial charge is 0.161 e. The third-order valence-electron chi connectivity index (χ3n) is 4.06. The second kappa shape index (κ2) is 6.76. The number of para-hydroxylation sites is 2. The van der Waals surface area contributed by atoms with Crippen molar-refractivity contribution in [2.75, 3.05) is 5.32 Å². The standard InChI is InChI=1S/C20H17N5O/c1-13(26)14-5-4-6-15(11-14)20-21-10-9-18(25-20)22-12-19-23-16-7-2-3-8-17(16)24-19/h2-11H,12H2,1H3,(H,23,24)(H,21,22,25). The highest BCUT2D eigenvalue weighted by molar-refractivity contribution is 5.95. The second-order valence-corrected chi connectivity index (χ2v) is 5.96. The summed E-state index contributed by atoms with van der Waals surface area (Å²) in [6.45, 7) is 2.07. The van der Waals surface area contributed by atoms with Crippen LogP contribution in [0.25, 0.3) is 22.4 Å². The van der Waals surface area contributed by atoms with Crippen LogP contribution >= 0.6 is 0 Å². The fourth-order valence-electron chi connectivity index (χ4n) is 2.74. The normalized spacial score (nSPS) is 10.8. The van der Waals surface area contributed by atoms with Crippen molar-refractivity contribution in [3.8, 4) is 11.4 Å². The molecule has 0 unspecified atom stereocenters. The van der Waals surface area contributed by atoms with E-state index in [0.717, 1.165) is 22.4 Å². The Labute approximate surface area is 150 Å². The highest BCUT2D eigenvalue weighted by atomic mass is 16.1. The summed E-state index contributed by atoms with van der Waals surface area (Å²) >= 11 is 0. The van der Waals surface area contributed by atoms with E-state index >= 15 is 0 Å². The van der Waals surface area contributed by atoms with Gasteiger partial charge in [0.15, 0.2) is 11.6 Å². The molecule has 26 heavy (non-hydrogen) atoms. The number of carbonyl (C=O) groups excluding carboxylic acids is 1. The molecule has 0 amide bonds. The van der Waals surface area contributed by atoms with Gasteiger partial charge < -0.3 is 10.3 Å². The monoisotopic (exact) mass is 343 g/mol. The molecule has 2 N–H and O–H groups in total. The maximum absolute atomic E-state index is 11.6. The molecule has 0 saturated heterocycles. The lowest BCUT2D eigenvalue weighted by molar-refractivity contribution is 0.101. The van der Waals surface area contributed by atoms with Crippen LogP contribution < -0.4 is 5.32 Å². The molecular weight excluding hydrogens is 326 g/mol. The van der Waals surface area contributed by atoms with E-state index < -0.39 is 0 Å². The van der Waals surface area contributed by atoms with Crippen molar-refractivity contribution in [3.63, 3.8) is 0 Å². The van der Waals surface area contributed by atoms with Gasteiger partial charge in [-0.15, -0.1) is 0 Å². The van der Waals surface area contributed by atoms with Crippen molar-refractivity contribution in [2.45, 2.75) is 13.5 Å². The lowest BCUT2D eigenvalue weighted by Gasteiger charge is -2.06. The predicted octanol–water partition coefficient (Wildman–Crippen LogP) is 3.83. The summed E-state index contributed by atoms with van der Waals surface area (Å²) in [4.78, 5) is 28.2. The number of hydrogen-bond donors (Lipinski definition) is 2. The Kier molecular flexibility index (Phi) is 4.15. The number of Topliss-reactive ketones (excluding diaryl/α,β-unsaturated/α-hetero) is 1. The van der Waals surface area contributed by atoms with E-state index in [1.807, 2.05) is 36.4 Å². The topological polar surface area (TPSA) is 83.6 Å². The number of fused-ring (bicyclic) bond motifs is 1. The minimum Gasteiger partial charge on any atom is -0.363 e. The number of carbonyl (C=O) groups is 1. The van der Waals surface area contributed by atoms with Crippen molar-refractivity contribution in [1.29, 1.82) is 0 Å². The van der Waals surface area contributed by atoms with E-state index in [1.54, 1.807) is 31.3 Å². The van der Waals surface area contributed by atoms with E-state index in [-0.39, 0.29) is 5.78 Å². The summed E-state index contributed by atoms with van der Waals surface area (Å²) < 4.78 is 0. The molecule has 0 aliphatic heterocycles. The van der Waals surface area contributed by atoms with Crippen LogP contribution in [0, 0.1) is 0 Å². The molecule has 2 aromatic heterocycles. The molecule has 6 nitrogen and oxygen atoms in total. The van der Waals surface area contributed by atoms with Gasteiger partial charge in [0.1, 0.15) is 11.6 Å². The molecule has 0 radical (unpaired) electrons. The molecule has 4 aromatic rings. The summed E-state index contributed by atoms with van der Waals surface area (Å²) in [5, 5.41) is 3.26. The number of ketones is 1. The average molecular weight is 343 g/mol. The molecule has 6 heteroatoms. The first-order valence-corrected chi connectivity index (χ1v) is 8.31. The number of H-pyrrole nitrogens is 1. The van der Waals surface area contributed by atoms with E-state index in [0.29, 0.717) is 23.8 Å². The largest absolute Gasteiger partial charge is 0.363 e. The van der Waals surface area contributed by atoms with Crippen LogP contribution in [0.1, 0.15) is 23.1 Å². The Morgan fingerprint density at radius 3 is 2.81 bits per heavy atom. The number of imidazole rings is 1. The number of anilines is 1. The van der Waals surface area contributed by atoms with Gasteiger partial charge in [-0.25, -0.2) is 15.0 Å². The summed E-state index contributed by atoms with van der Waals surface area (Å²) in [6.07, 6.45) is 1.70. The van der Waals surface area contributed by atoms with Crippen molar-refractivity contribution in [3.05, 3.63) is 72.2 Å². The fourth-order valence-corrected chi connectivity index (χ4v) is 2.74. The molecule has 0 aliphatic rings. The molecule has 0 spiro atoms. The van der Waals surface area contributed by atoms with Gasteiger partial charge in [-0.1, -0.05) is 30.3 Å². The maximum atomic E-state index is 11.6. The summed E-state index contributed by atoms with van der Waals surface area (Å²) in [7, 11) is 0. The van der Waals surface area contributed by atoms with Crippen LogP contribution in [0.15, 0.2) is 60.8 Å². The zero-order valence-corrected chi connectivity index (χ0v) is 14.2. The Morgan fingerprint density at radius 2 is 1.96 bits per heavy atom. The molecule has 4 rings (SSSR count). The second-order valence-electron chi connectivity index (χ2n) is 5.96. The lowest BCUT2D eigenvalue weighted by atomic mass is 10.1. The SMILES string of the molecule is CC(=O)c1cccc(-c2nccc(NCc3nc4ccccc4[nH]3)n2)c1. The van der Waals surface area contributed by atoms with Crippen LogP contribution in [0.4, 0.5) is 5.82 Å². The number of aromatic nitrogens is 4. The van der Waals surface area contributed by atoms with E-state index in [9.17, 15) is 4.79 Å². The average Bonchev–Trinajstić information content (AvgIpc) is 3.10. The van der Waals surface area contributed by atoms with Crippen LogP contribution in [0.3, 0.4) is 0 Å². The van der Waals surface area contributed by atoms with Gasteiger partial charge in [0.05, 0.1) is 17.6 Å². The fraction of sp³-hybridized carbons (Fsp3) is 0.100. The molecule has 2 heterocycles. The van der Waals surface area contributed by atoms with Gasteiger partial charge >= 0.3 is 0 Å². The van der Waals surface area contributed by atoms with Gasteiger partial charge in [0.25, 0.3) is 0 Å². The number of aromatic amines is 1. The Hall–Kier alpha value is -3.54. The number of rotatable bonds is 5. The number of hydrogen-bond acceptors (Lipinski definition) is 5. The van der Waals surface area contributed by atoms with Gasteiger partial charge in [-0.2, -0.15) is 0 Å². The summed E-state index contributed by atoms with van der Waals surface area (Å²) in [5.41, 5.74) is 3.40. The van der Waals surface area contributed by atoms with Gasteiger partial charge in [0.2, 0.25) is 0 Å². The third kappa shape index (κ3) is 3.30. The van der Waals surface area contributed by atoms with Crippen molar-refractivity contribution < 1.29 is 4.79 Å². The number of nitrogens with zero attached hydrogens (tertiary/aromatic N) is 3. The van der Waals surface area contributed by atoms with Gasteiger partial charge in [-0.3, -0.25) is 4.79 Å². The van der Waals surface area contributed by atoms with Gasteiger partial charge in [0, 0.05) is 17.3 Å². The van der Waals surface area contributed by atoms with Crippen molar-refractivity contribution in [1.82, 2.24) is 19.9 Å². The van der Waals surface area contributed by atoms with E-state index in [2.05, 4.69) is 25.3 Å². The molecule has 0 saturated carbocycles. The Bertz CT molecular complexity index is 1050. The van der Waals surface area contributed by atoms with E-state index in [4.69, 9.17) is 0 Å². The van der Waals surface area contributed by atoms with Crippen LogP contribution in [0.2, 0.25) is 0 Å². The van der Waals surface area contributed by atoms with Crippen LogP contribution in [-0.4, -0.2) is 25.7 Å². The highest BCUT2D eigenvalue weighted by Crippen LogP contribution is 2.18. The molecular formula is C20H17N5O. The molecule has 0 bridgehead atoms. The van der Waals surface area contributed by atoms with Crippen LogP contribution in [-0.2, 0) is 6.54 Å². The van der Waals surface area contributed by atoms with Gasteiger partial charge in [-0.05, 0) is 31.2 Å². The number of nitrogens with one attached hydrogen (secondary N) is 2. The molecule has 0 atom stereocenters. The van der Waals surface area contributed by atoms with Crippen LogP contribution in [0.5, 0.6) is 0 Å². The zero-order valence-electron chi connectivity index (χ0n) is 14.2. The van der Waals surface area contributed by atoms with Crippen molar-refractivity contribution >= 4 is 22.6 Å². The minimum absolute atomic E-state index is 0.0195. The zero-order chi connectivity index (χ0) is 17.9. The quantitative estimate of drug-likeness (QED) is 0.538. The first-order valence-electron chi connectivity index (χ1n) is 8.31. The summed E-state index contributed by atoms with van der Waals surface area (Å²) in [5.74, 6) is 2.13. The Morgan fingerprint density at radius 1 is 1.08 bits per heavy atom. The lowest BCUT2D eigenvalue weighted by Crippen LogP contribution is -2.04. The first kappa shape index (κ1) is 16.0. The Balaban J connectivity index is 1.54. The first-order chi connectivity index (χ1) is 12.7. The molecule has 0 fully saturated rings. The molecule has 128 valence electrons. The highest BCUT2D eigenvalue weighted by Gasteiger charge is 2.07. The molecule has 2 aromatic carbocycles. The molecule has 0 aliphatic carbocycles. The summed E-state index contributed by atoms with van der Waals surface area (Å²) in [6, 6.07) is 17.0. The predicted molar refractivity (Wildman–Crippen MR) is 101 cm³/mol.